The zero-order valence-electron chi connectivity index (χ0n) is 9.25. The molecule has 0 radical (unpaired) electrons. The van der Waals surface area contributed by atoms with Gasteiger partial charge in [-0.1, -0.05) is 0 Å². The second-order valence-electron chi connectivity index (χ2n) is 3.52. The van der Waals surface area contributed by atoms with Crippen LogP contribution in [0.3, 0.4) is 0 Å². The summed E-state index contributed by atoms with van der Waals surface area (Å²) in [5.74, 6) is -5.05. The molecular weight excluding hydrogens is 247 g/mol. The van der Waals surface area contributed by atoms with Gasteiger partial charge in [0.15, 0.2) is 17.5 Å². The highest BCUT2D eigenvalue weighted by atomic mass is 19.2. The van der Waals surface area contributed by atoms with Gasteiger partial charge >= 0.3 is 0 Å². The van der Waals surface area contributed by atoms with Gasteiger partial charge < -0.3 is 5.32 Å². The summed E-state index contributed by atoms with van der Waals surface area (Å²) in [6, 6.07) is 3.09. The van der Waals surface area contributed by atoms with Crippen LogP contribution in [0.15, 0.2) is 24.4 Å². The maximum Gasteiger partial charge on any atom is 0.273 e. The quantitative estimate of drug-likeness (QED) is 0.835. The van der Waals surface area contributed by atoms with Crippen LogP contribution in [0.5, 0.6) is 0 Å². The van der Waals surface area contributed by atoms with Crippen LogP contribution in [0.1, 0.15) is 10.5 Å². The normalized spacial score (nSPS) is 10.4. The minimum atomic E-state index is -1.63. The third-order valence-corrected chi connectivity index (χ3v) is 2.34. The highest BCUT2D eigenvalue weighted by molar-refractivity contribution is 6.03. The highest BCUT2D eigenvalue weighted by Crippen LogP contribution is 2.20. The Bertz CT molecular complexity index is 610. The Morgan fingerprint density at radius 3 is 2.56 bits per heavy atom. The van der Waals surface area contributed by atoms with Gasteiger partial charge in [0, 0.05) is 13.2 Å². The number of rotatable bonds is 2. The van der Waals surface area contributed by atoms with Crippen LogP contribution in [0.4, 0.5) is 18.9 Å². The Kier molecular flexibility index (Phi) is 3.05. The number of anilines is 1. The monoisotopic (exact) mass is 255 g/mol. The number of hydrogen-bond donors (Lipinski definition) is 1. The third-order valence-electron chi connectivity index (χ3n) is 2.34. The Morgan fingerprint density at radius 2 is 1.94 bits per heavy atom. The van der Waals surface area contributed by atoms with Gasteiger partial charge in [0.1, 0.15) is 5.69 Å². The molecule has 4 nitrogen and oxygen atoms in total. The fourth-order valence-electron chi connectivity index (χ4n) is 1.41. The third kappa shape index (κ3) is 2.06. The van der Waals surface area contributed by atoms with E-state index in [1.807, 2.05) is 0 Å². The summed E-state index contributed by atoms with van der Waals surface area (Å²) < 4.78 is 40.2. The molecule has 0 bridgehead atoms. The Balaban J connectivity index is 2.28. The van der Waals surface area contributed by atoms with E-state index >= 15 is 0 Å². The first-order valence-corrected chi connectivity index (χ1v) is 4.93. The standard InChI is InChI=1S/C11H8F3N3O/c1-17-8(4-5-15-17)11(18)16-7-3-2-6(12)9(13)10(7)14/h2-5H,1H3,(H,16,18). The van der Waals surface area contributed by atoms with Crippen molar-refractivity contribution in [3.05, 3.63) is 47.5 Å². The van der Waals surface area contributed by atoms with Gasteiger partial charge in [0.2, 0.25) is 0 Å². The van der Waals surface area contributed by atoms with Gasteiger partial charge in [-0.05, 0) is 18.2 Å². The van der Waals surface area contributed by atoms with E-state index in [1.165, 1.54) is 24.0 Å². The minimum Gasteiger partial charge on any atom is -0.318 e. The number of halogens is 3. The SMILES string of the molecule is Cn1nccc1C(=O)Nc1ccc(F)c(F)c1F. The zero-order valence-corrected chi connectivity index (χ0v) is 9.25. The van der Waals surface area contributed by atoms with Crippen molar-refractivity contribution in [2.24, 2.45) is 7.05 Å². The Morgan fingerprint density at radius 1 is 1.22 bits per heavy atom. The number of aryl methyl sites for hydroxylation is 1. The second kappa shape index (κ2) is 4.52. The summed E-state index contributed by atoms with van der Waals surface area (Å²) in [7, 11) is 1.52. The van der Waals surface area contributed by atoms with Crippen LogP contribution in [0.2, 0.25) is 0 Å². The predicted molar refractivity (Wildman–Crippen MR) is 57.5 cm³/mol. The topological polar surface area (TPSA) is 46.9 Å². The molecule has 1 aromatic carbocycles. The molecule has 7 heteroatoms. The molecular formula is C11H8F3N3O. The molecule has 0 saturated heterocycles. The minimum absolute atomic E-state index is 0.166. The number of benzene rings is 1. The van der Waals surface area contributed by atoms with Crippen LogP contribution in [0.25, 0.3) is 0 Å². The largest absolute Gasteiger partial charge is 0.318 e. The summed E-state index contributed by atoms with van der Waals surface area (Å²) in [5.41, 5.74) is -0.265. The van der Waals surface area contributed by atoms with E-state index in [1.54, 1.807) is 0 Å². The summed E-state index contributed by atoms with van der Waals surface area (Å²) in [6.45, 7) is 0. The van der Waals surface area contributed by atoms with E-state index in [2.05, 4.69) is 10.4 Å². The number of amides is 1. The molecule has 94 valence electrons. The number of nitrogens with zero attached hydrogens (tertiary/aromatic N) is 2. The van der Waals surface area contributed by atoms with Crippen LogP contribution in [-0.4, -0.2) is 15.7 Å². The van der Waals surface area contributed by atoms with Gasteiger partial charge in [-0.3, -0.25) is 9.48 Å². The molecule has 0 unspecified atom stereocenters. The molecule has 2 aromatic rings. The van der Waals surface area contributed by atoms with Gasteiger partial charge in [0.05, 0.1) is 5.69 Å². The number of carbonyl (C=O) groups is 1. The molecule has 1 N–H and O–H groups in total. The number of carbonyl (C=O) groups excluding carboxylic acids is 1. The van der Waals surface area contributed by atoms with Crippen molar-refractivity contribution in [1.29, 1.82) is 0 Å². The van der Waals surface area contributed by atoms with E-state index in [4.69, 9.17) is 0 Å². The molecule has 1 heterocycles. The van der Waals surface area contributed by atoms with E-state index in [0.29, 0.717) is 0 Å². The molecule has 0 aliphatic rings. The van der Waals surface area contributed by atoms with Crippen LogP contribution >= 0.6 is 0 Å². The predicted octanol–water partition coefficient (Wildman–Crippen LogP) is 2.09. The molecule has 0 fully saturated rings. The molecule has 0 spiro atoms. The number of hydrogen-bond acceptors (Lipinski definition) is 2. The van der Waals surface area contributed by atoms with Crippen molar-refractivity contribution >= 4 is 11.6 Å². The van der Waals surface area contributed by atoms with Crippen LogP contribution in [-0.2, 0) is 7.05 Å². The van der Waals surface area contributed by atoms with Gasteiger partial charge in [-0.25, -0.2) is 13.2 Å². The zero-order chi connectivity index (χ0) is 13.3. The van der Waals surface area contributed by atoms with Crippen molar-refractivity contribution in [3.63, 3.8) is 0 Å². The van der Waals surface area contributed by atoms with Crippen LogP contribution < -0.4 is 5.32 Å². The Hall–Kier alpha value is -2.31. The summed E-state index contributed by atoms with van der Waals surface area (Å²) in [6.07, 6.45) is 1.39. The lowest BCUT2D eigenvalue weighted by Gasteiger charge is -2.07. The Labute approximate surface area is 100 Å². The summed E-state index contributed by atoms with van der Waals surface area (Å²) >= 11 is 0. The van der Waals surface area contributed by atoms with Crippen molar-refractivity contribution in [1.82, 2.24) is 9.78 Å². The first-order valence-electron chi connectivity index (χ1n) is 4.93. The fourth-order valence-corrected chi connectivity index (χ4v) is 1.41. The van der Waals surface area contributed by atoms with E-state index < -0.39 is 29.0 Å². The molecule has 0 aliphatic carbocycles. The van der Waals surface area contributed by atoms with Crippen molar-refractivity contribution < 1.29 is 18.0 Å². The maximum atomic E-state index is 13.3. The average molecular weight is 255 g/mol. The average Bonchev–Trinajstić information content (AvgIpc) is 2.76. The van der Waals surface area contributed by atoms with Crippen molar-refractivity contribution in [3.8, 4) is 0 Å². The van der Waals surface area contributed by atoms with Crippen molar-refractivity contribution in [2.75, 3.05) is 5.32 Å². The highest BCUT2D eigenvalue weighted by Gasteiger charge is 2.17. The molecule has 2 rings (SSSR count). The first-order chi connectivity index (χ1) is 8.50. The van der Waals surface area contributed by atoms with Crippen molar-refractivity contribution in [2.45, 2.75) is 0 Å². The number of aromatic nitrogens is 2. The lowest BCUT2D eigenvalue weighted by molar-refractivity contribution is 0.101. The molecule has 0 atom stereocenters. The smallest absolute Gasteiger partial charge is 0.273 e. The molecule has 0 aliphatic heterocycles. The van der Waals surface area contributed by atoms with E-state index in [9.17, 15) is 18.0 Å². The first kappa shape index (κ1) is 12.2. The summed E-state index contributed by atoms with van der Waals surface area (Å²) in [5, 5.41) is 5.90. The molecule has 18 heavy (non-hydrogen) atoms. The molecule has 1 amide bonds. The lowest BCUT2D eigenvalue weighted by atomic mass is 10.2. The summed E-state index contributed by atoms with van der Waals surface area (Å²) in [4.78, 5) is 11.7. The maximum absolute atomic E-state index is 13.3. The fraction of sp³-hybridized carbons (Fsp3) is 0.0909. The lowest BCUT2D eigenvalue weighted by Crippen LogP contribution is -2.17. The van der Waals surface area contributed by atoms with Gasteiger partial charge in [-0.2, -0.15) is 5.10 Å². The van der Waals surface area contributed by atoms with Crippen LogP contribution in [0, 0.1) is 17.5 Å². The second-order valence-corrected chi connectivity index (χ2v) is 3.52. The van der Waals surface area contributed by atoms with E-state index in [0.717, 1.165) is 12.1 Å². The van der Waals surface area contributed by atoms with Gasteiger partial charge in [-0.15, -0.1) is 0 Å². The van der Waals surface area contributed by atoms with E-state index in [-0.39, 0.29) is 5.69 Å². The molecule has 0 saturated carbocycles. The molecule has 1 aromatic heterocycles. The number of nitrogens with one attached hydrogen (secondary N) is 1. The van der Waals surface area contributed by atoms with Gasteiger partial charge in [0.25, 0.3) is 5.91 Å².